The fourth-order valence-electron chi connectivity index (χ4n) is 1.98. The van der Waals surface area contributed by atoms with E-state index in [9.17, 15) is 4.79 Å². The molecule has 3 rings (SSSR count). The van der Waals surface area contributed by atoms with Gasteiger partial charge in [-0.1, -0.05) is 0 Å². The Bertz CT molecular complexity index is 710. The lowest BCUT2D eigenvalue weighted by Crippen LogP contribution is -2.07. The summed E-state index contributed by atoms with van der Waals surface area (Å²) in [5.41, 5.74) is 1.37. The Morgan fingerprint density at radius 3 is 2.95 bits per heavy atom. The third-order valence-corrected chi connectivity index (χ3v) is 2.98. The molecule has 0 radical (unpaired) electrons. The molecule has 0 unspecified atom stereocenters. The van der Waals surface area contributed by atoms with E-state index in [-0.39, 0.29) is 0 Å². The summed E-state index contributed by atoms with van der Waals surface area (Å²) in [5, 5.41) is 4.26. The summed E-state index contributed by atoms with van der Waals surface area (Å²) < 4.78 is 13.7. The summed E-state index contributed by atoms with van der Waals surface area (Å²) in [6.45, 7) is 0.374. The normalized spacial score (nSPS) is 10.7. The molecule has 0 aliphatic rings. The molecule has 0 aliphatic carbocycles. The van der Waals surface area contributed by atoms with E-state index in [1.165, 1.54) is 13.4 Å². The van der Waals surface area contributed by atoms with Crippen LogP contribution in [0.25, 0.3) is 5.69 Å². The van der Waals surface area contributed by atoms with Gasteiger partial charge in [0.2, 0.25) is 0 Å². The van der Waals surface area contributed by atoms with Gasteiger partial charge in [0.05, 0.1) is 31.8 Å². The van der Waals surface area contributed by atoms with Crippen LogP contribution in [0, 0.1) is 0 Å². The first-order chi connectivity index (χ1) is 9.78. The van der Waals surface area contributed by atoms with Crippen LogP contribution in [0.2, 0.25) is 0 Å². The van der Waals surface area contributed by atoms with Crippen LogP contribution >= 0.6 is 0 Å². The van der Waals surface area contributed by atoms with Crippen molar-refractivity contribution in [2.24, 2.45) is 0 Å². The van der Waals surface area contributed by atoms with Gasteiger partial charge >= 0.3 is 5.97 Å². The average Bonchev–Trinajstić information content (AvgIpc) is 3.19. The summed E-state index contributed by atoms with van der Waals surface area (Å²) in [6, 6.07) is 5.48. The number of carbonyl (C=O) groups is 1. The minimum absolute atomic E-state index is 0.374. The highest BCUT2D eigenvalue weighted by atomic mass is 16.5. The largest absolute Gasteiger partial charge is 0.466 e. The van der Waals surface area contributed by atoms with Gasteiger partial charge in [-0.05, 0) is 18.2 Å². The van der Waals surface area contributed by atoms with Crippen molar-refractivity contribution < 1.29 is 13.9 Å². The molecular weight excluding hydrogens is 258 g/mol. The molecule has 0 amide bonds. The van der Waals surface area contributed by atoms with Gasteiger partial charge in [0, 0.05) is 18.6 Å². The minimum Gasteiger partial charge on any atom is -0.466 e. The average molecular weight is 271 g/mol. The van der Waals surface area contributed by atoms with Crippen molar-refractivity contribution in [3.8, 4) is 5.69 Å². The van der Waals surface area contributed by atoms with Crippen LogP contribution in [0.3, 0.4) is 0 Å². The summed E-state index contributed by atoms with van der Waals surface area (Å²) in [7, 11) is 1.34. The number of ether oxygens (including phenoxy) is 1. The molecule has 0 atom stereocenters. The first-order valence-electron chi connectivity index (χ1n) is 6.08. The Labute approximate surface area is 115 Å². The Morgan fingerprint density at radius 2 is 2.20 bits per heavy atom. The number of aromatic nitrogens is 3. The van der Waals surface area contributed by atoms with Gasteiger partial charge in [0.25, 0.3) is 0 Å². The molecule has 102 valence electrons. The van der Waals surface area contributed by atoms with E-state index in [2.05, 4.69) is 5.10 Å². The second kappa shape index (κ2) is 5.08. The lowest BCUT2D eigenvalue weighted by Gasteiger charge is -2.01. The van der Waals surface area contributed by atoms with E-state index >= 15 is 0 Å². The maximum atomic E-state index is 11.6. The smallest absolute Gasteiger partial charge is 0.341 e. The van der Waals surface area contributed by atoms with Crippen molar-refractivity contribution in [3.05, 3.63) is 60.6 Å². The lowest BCUT2D eigenvalue weighted by atomic mass is 10.2. The van der Waals surface area contributed by atoms with Crippen molar-refractivity contribution in [2.45, 2.75) is 6.54 Å². The number of esters is 1. The molecule has 0 bridgehead atoms. The van der Waals surface area contributed by atoms with Gasteiger partial charge < -0.3 is 13.7 Å². The summed E-state index contributed by atoms with van der Waals surface area (Å²) in [4.78, 5) is 11.6. The highest BCUT2D eigenvalue weighted by Crippen LogP contribution is 2.14. The van der Waals surface area contributed by atoms with Crippen LogP contribution in [0.4, 0.5) is 0 Å². The van der Waals surface area contributed by atoms with Crippen LogP contribution < -0.4 is 0 Å². The van der Waals surface area contributed by atoms with E-state index in [4.69, 9.17) is 9.15 Å². The van der Waals surface area contributed by atoms with Crippen LogP contribution in [0.1, 0.15) is 16.1 Å². The number of furan rings is 1. The predicted molar refractivity (Wildman–Crippen MR) is 70.7 cm³/mol. The van der Waals surface area contributed by atoms with E-state index in [0.717, 1.165) is 5.69 Å². The van der Waals surface area contributed by atoms with Crippen LogP contribution in [-0.2, 0) is 11.3 Å². The SMILES string of the molecule is COC(=O)c1ccoc1Cn1cc(-n2cccc2)cn1. The predicted octanol–water partition coefficient (Wildman–Crippen LogP) is 2.10. The highest BCUT2D eigenvalue weighted by Gasteiger charge is 2.15. The second-order valence-electron chi connectivity index (χ2n) is 4.24. The van der Waals surface area contributed by atoms with Crippen molar-refractivity contribution >= 4 is 5.97 Å². The standard InChI is InChI=1S/C14H13N3O3/c1-19-14(18)12-4-7-20-13(12)10-17-9-11(8-15-17)16-5-2-3-6-16/h2-9H,10H2,1H3. The first kappa shape index (κ1) is 12.3. The third-order valence-electron chi connectivity index (χ3n) is 2.98. The number of methoxy groups -OCH3 is 1. The zero-order chi connectivity index (χ0) is 13.9. The van der Waals surface area contributed by atoms with Gasteiger partial charge in [0.1, 0.15) is 11.3 Å². The number of hydrogen-bond acceptors (Lipinski definition) is 4. The van der Waals surface area contributed by atoms with Gasteiger partial charge in [-0.15, -0.1) is 0 Å². The quantitative estimate of drug-likeness (QED) is 0.682. The molecule has 0 aliphatic heterocycles. The van der Waals surface area contributed by atoms with Crippen molar-refractivity contribution in [1.29, 1.82) is 0 Å². The molecule has 0 saturated heterocycles. The van der Waals surface area contributed by atoms with Gasteiger partial charge in [-0.2, -0.15) is 5.10 Å². The fraction of sp³-hybridized carbons (Fsp3) is 0.143. The number of carbonyl (C=O) groups excluding carboxylic acids is 1. The van der Waals surface area contributed by atoms with Crippen LogP contribution in [0.5, 0.6) is 0 Å². The monoisotopic (exact) mass is 271 g/mol. The molecule has 0 aromatic carbocycles. The van der Waals surface area contributed by atoms with Crippen LogP contribution in [-0.4, -0.2) is 27.4 Å². The maximum absolute atomic E-state index is 11.6. The van der Waals surface area contributed by atoms with Gasteiger partial charge in [-0.25, -0.2) is 4.79 Å². The maximum Gasteiger partial charge on any atom is 0.341 e. The Hall–Kier alpha value is -2.76. The van der Waals surface area contributed by atoms with Crippen LogP contribution in [0.15, 0.2) is 53.7 Å². The molecule has 3 aromatic heterocycles. The molecular formula is C14H13N3O3. The van der Waals surface area contributed by atoms with Crippen molar-refractivity contribution in [3.63, 3.8) is 0 Å². The molecule has 20 heavy (non-hydrogen) atoms. The Morgan fingerprint density at radius 1 is 1.40 bits per heavy atom. The Balaban J connectivity index is 1.82. The molecule has 0 N–H and O–H groups in total. The van der Waals surface area contributed by atoms with E-state index < -0.39 is 5.97 Å². The molecule has 6 nitrogen and oxygen atoms in total. The van der Waals surface area contributed by atoms with E-state index in [0.29, 0.717) is 17.9 Å². The highest BCUT2D eigenvalue weighted by molar-refractivity contribution is 5.90. The molecule has 6 heteroatoms. The zero-order valence-corrected chi connectivity index (χ0v) is 10.9. The zero-order valence-electron chi connectivity index (χ0n) is 10.9. The molecule has 3 heterocycles. The summed E-state index contributed by atoms with van der Waals surface area (Å²) >= 11 is 0. The molecule has 0 fully saturated rings. The van der Waals surface area contributed by atoms with Gasteiger partial charge in [0.15, 0.2) is 0 Å². The number of rotatable bonds is 4. The van der Waals surface area contributed by atoms with Crippen molar-refractivity contribution in [1.82, 2.24) is 14.3 Å². The topological polar surface area (TPSA) is 62.2 Å². The first-order valence-corrected chi connectivity index (χ1v) is 6.08. The van der Waals surface area contributed by atoms with Crippen molar-refractivity contribution in [2.75, 3.05) is 7.11 Å². The molecule has 0 saturated carbocycles. The number of nitrogens with zero attached hydrogens (tertiary/aromatic N) is 3. The number of hydrogen-bond donors (Lipinski definition) is 0. The fourth-order valence-corrected chi connectivity index (χ4v) is 1.98. The summed E-state index contributed by atoms with van der Waals surface area (Å²) in [6.07, 6.45) is 8.98. The Kier molecular flexibility index (Phi) is 3.12. The van der Waals surface area contributed by atoms with E-state index in [1.54, 1.807) is 16.9 Å². The molecule has 3 aromatic rings. The molecule has 0 spiro atoms. The summed E-state index contributed by atoms with van der Waals surface area (Å²) in [5.74, 6) is 0.116. The van der Waals surface area contributed by atoms with Gasteiger partial charge in [-0.3, -0.25) is 4.68 Å². The second-order valence-corrected chi connectivity index (χ2v) is 4.24. The minimum atomic E-state index is -0.411. The van der Waals surface area contributed by atoms with E-state index in [1.807, 2.05) is 35.3 Å². The lowest BCUT2D eigenvalue weighted by molar-refractivity contribution is 0.0598. The third kappa shape index (κ3) is 2.23.